The first-order valence-corrected chi connectivity index (χ1v) is 6.14. The van der Waals surface area contributed by atoms with Gasteiger partial charge in [-0.25, -0.2) is 0 Å². The molecule has 0 saturated heterocycles. The van der Waals surface area contributed by atoms with Gasteiger partial charge in [0.1, 0.15) is 5.75 Å². The Morgan fingerprint density at radius 2 is 1.74 bits per heavy atom. The molecule has 0 unspecified atom stereocenters. The van der Waals surface area contributed by atoms with Gasteiger partial charge in [0.15, 0.2) is 0 Å². The van der Waals surface area contributed by atoms with Crippen LogP contribution in [-0.2, 0) is 9.47 Å². The maximum atomic E-state index is 11.8. The molecule has 0 aromatic heterocycles. The van der Waals surface area contributed by atoms with Crippen LogP contribution in [0.4, 0.5) is 0 Å². The molecular weight excluding hydrogens is 244 g/mol. The third kappa shape index (κ3) is 5.12. The zero-order chi connectivity index (χ0) is 14.1. The van der Waals surface area contributed by atoms with Gasteiger partial charge in [-0.2, -0.15) is 0 Å². The molecule has 0 bridgehead atoms. The fourth-order valence-electron chi connectivity index (χ4n) is 1.37. The SMILES string of the molecule is CCOC(C#CC(=O)c1ccc(OC)cc1)OCC. The molecule has 0 aliphatic rings. The van der Waals surface area contributed by atoms with Gasteiger partial charge in [-0.3, -0.25) is 4.79 Å². The average Bonchev–Trinajstić information content (AvgIpc) is 2.45. The molecule has 4 heteroatoms. The smallest absolute Gasteiger partial charge is 0.236 e. The second-order valence-electron chi connectivity index (χ2n) is 3.57. The predicted molar refractivity (Wildman–Crippen MR) is 72.1 cm³/mol. The molecule has 19 heavy (non-hydrogen) atoms. The summed E-state index contributed by atoms with van der Waals surface area (Å²) in [6.07, 6.45) is -0.655. The molecule has 1 rings (SSSR count). The van der Waals surface area contributed by atoms with Gasteiger partial charge < -0.3 is 14.2 Å². The molecule has 0 amide bonds. The summed E-state index contributed by atoms with van der Waals surface area (Å²) in [5.74, 6) is 5.63. The molecule has 0 saturated carbocycles. The van der Waals surface area contributed by atoms with E-state index in [1.807, 2.05) is 13.8 Å². The number of rotatable bonds is 6. The minimum atomic E-state index is -0.655. The summed E-state index contributed by atoms with van der Waals surface area (Å²) in [5, 5.41) is 0. The minimum absolute atomic E-state index is 0.271. The van der Waals surface area contributed by atoms with E-state index in [-0.39, 0.29) is 5.78 Å². The lowest BCUT2D eigenvalue weighted by Crippen LogP contribution is -2.15. The van der Waals surface area contributed by atoms with Crippen molar-refractivity contribution in [2.45, 2.75) is 20.1 Å². The molecule has 0 atom stereocenters. The lowest BCUT2D eigenvalue weighted by molar-refractivity contribution is -0.0970. The van der Waals surface area contributed by atoms with Crippen molar-refractivity contribution in [1.29, 1.82) is 0 Å². The second kappa shape index (κ2) is 8.30. The number of carbonyl (C=O) groups excluding carboxylic acids is 1. The van der Waals surface area contributed by atoms with Crippen LogP contribution in [-0.4, -0.2) is 32.4 Å². The van der Waals surface area contributed by atoms with Gasteiger partial charge in [-0.05, 0) is 50.0 Å². The van der Waals surface area contributed by atoms with Crippen molar-refractivity contribution in [1.82, 2.24) is 0 Å². The van der Waals surface area contributed by atoms with Crippen molar-refractivity contribution in [2.75, 3.05) is 20.3 Å². The Bertz CT molecular complexity index is 447. The summed E-state index contributed by atoms with van der Waals surface area (Å²) in [7, 11) is 1.57. The molecule has 0 fully saturated rings. The molecule has 0 N–H and O–H groups in total. The van der Waals surface area contributed by atoms with Crippen LogP contribution in [0.25, 0.3) is 0 Å². The fourth-order valence-corrected chi connectivity index (χ4v) is 1.37. The number of hydrogen-bond donors (Lipinski definition) is 0. The van der Waals surface area contributed by atoms with Crippen molar-refractivity contribution < 1.29 is 19.0 Å². The number of carbonyl (C=O) groups is 1. The average molecular weight is 262 g/mol. The first kappa shape index (κ1) is 15.2. The van der Waals surface area contributed by atoms with Crippen LogP contribution in [0.3, 0.4) is 0 Å². The largest absolute Gasteiger partial charge is 0.497 e. The molecule has 0 aliphatic carbocycles. The van der Waals surface area contributed by atoms with Crippen LogP contribution in [0.5, 0.6) is 5.75 Å². The summed E-state index contributed by atoms with van der Waals surface area (Å²) >= 11 is 0. The summed E-state index contributed by atoms with van der Waals surface area (Å²) < 4.78 is 15.5. The maximum absolute atomic E-state index is 11.8. The van der Waals surface area contributed by atoms with E-state index in [1.165, 1.54) is 0 Å². The summed E-state index contributed by atoms with van der Waals surface area (Å²) in [6, 6.07) is 6.79. The Balaban J connectivity index is 2.71. The van der Waals surface area contributed by atoms with E-state index in [0.29, 0.717) is 24.5 Å². The van der Waals surface area contributed by atoms with Crippen molar-refractivity contribution in [2.24, 2.45) is 0 Å². The van der Waals surface area contributed by atoms with E-state index < -0.39 is 6.29 Å². The summed E-state index contributed by atoms with van der Waals surface area (Å²) in [6.45, 7) is 4.66. The van der Waals surface area contributed by atoms with Crippen LogP contribution in [0.1, 0.15) is 24.2 Å². The van der Waals surface area contributed by atoms with Gasteiger partial charge in [-0.1, -0.05) is 0 Å². The predicted octanol–water partition coefficient (Wildman–Crippen LogP) is 2.28. The Morgan fingerprint density at radius 3 is 2.21 bits per heavy atom. The first-order valence-electron chi connectivity index (χ1n) is 6.14. The van der Waals surface area contributed by atoms with Crippen molar-refractivity contribution in [3.05, 3.63) is 29.8 Å². The molecule has 102 valence electrons. The highest BCUT2D eigenvalue weighted by Gasteiger charge is 2.05. The van der Waals surface area contributed by atoms with Crippen molar-refractivity contribution >= 4 is 5.78 Å². The number of methoxy groups -OCH3 is 1. The molecule has 0 aliphatic heterocycles. The van der Waals surface area contributed by atoms with E-state index in [0.717, 1.165) is 0 Å². The standard InChI is InChI=1S/C15H18O4/c1-4-18-15(19-5-2)11-10-14(16)12-6-8-13(17-3)9-7-12/h6-9,15H,4-5H2,1-3H3. The van der Waals surface area contributed by atoms with Crippen LogP contribution >= 0.6 is 0 Å². The third-order valence-corrected chi connectivity index (χ3v) is 2.29. The van der Waals surface area contributed by atoms with Gasteiger partial charge >= 0.3 is 0 Å². The van der Waals surface area contributed by atoms with Crippen LogP contribution in [0.2, 0.25) is 0 Å². The van der Waals surface area contributed by atoms with Crippen LogP contribution in [0.15, 0.2) is 24.3 Å². The number of hydrogen-bond acceptors (Lipinski definition) is 4. The first-order chi connectivity index (χ1) is 9.21. The molecule has 0 heterocycles. The number of Topliss-reactive ketones (excluding diaryl/α,β-unsaturated/α-hetero) is 1. The van der Waals surface area contributed by atoms with Crippen molar-refractivity contribution in [3.63, 3.8) is 0 Å². The fraction of sp³-hybridized carbons (Fsp3) is 0.400. The van der Waals surface area contributed by atoms with Gasteiger partial charge in [0.2, 0.25) is 12.1 Å². The van der Waals surface area contributed by atoms with Gasteiger partial charge in [0, 0.05) is 18.8 Å². The lowest BCUT2D eigenvalue weighted by Gasteiger charge is -2.09. The van der Waals surface area contributed by atoms with Gasteiger partial charge in [0.05, 0.1) is 7.11 Å². The van der Waals surface area contributed by atoms with Gasteiger partial charge in [-0.15, -0.1) is 0 Å². The highest BCUT2D eigenvalue weighted by molar-refractivity contribution is 6.09. The Morgan fingerprint density at radius 1 is 1.16 bits per heavy atom. The Hall–Kier alpha value is -1.83. The molecular formula is C15H18O4. The zero-order valence-electron chi connectivity index (χ0n) is 11.4. The molecule has 1 aromatic rings. The highest BCUT2D eigenvalue weighted by Crippen LogP contribution is 2.11. The zero-order valence-corrected chi connectivity index (χ0v) is 11.4. The second-order valence-corrected chi connectivity index (χ2v) is 3.57. The number of benzene rings is 1. The van der Waals surface area contributed by atoms with E-state index in [4.69, 9.17) is 14.2 Å². The Labute approximate surface area is 113 Å². The number of ketones is 1. The quantitative estimate of drug-likeness (QED) is 0.341. The molecule has 0 radical (unpaired) electrons. The highest BCUT2D eigenvalue weighted by atomic mass is 16.7. The molecule has 4 nitrogen and oxygen atoms in total. The van der Waals surface area contributed by atoms with E-state index in [2.05, 4.69) is 11.8 Å². The van der Waals surface area contributed by atoms with E-state index in [9.17, 15) is 4.79 Å². The lowest BCUT2D eigenvalue weighted by atomic mass is 10.1. The van der Waals surface area contributed by atoms with Crippen LogP contribution in [0, 0.1) is 11.8 Å². The Kier molecular flexibility index (Phi) is 6.65. The third-order valence-electron chi connectivity index (χ3n) is 2.29. The monoisotopic (exact) mass is 262 g/mol. The normalized spacial score (nSPS) is 9.89. The number of ether oxygens (including phenoxy) is 3. The van der Waals surface area contributed by atoms with E-state index >= 15 is 0 Å². The summed E-state index contributed by atoms with van der Waals surface area (Å²) in [4.78, 5) is 11.8. The minimum Gasteiger partial charge on any atom is -0.497 e. The van der Waals surface area contributed by atoms with Gasteiger partial charge in [0.25, 0.3) is 0 Å². The maximum Gasteiger partial charge on any atom is 0.236 e. The van der Waals surface area contributed by atoms with Crippen molar-refractivity contribution in [3.8, 4) is 17.6 Å². The molecule has 0 spiro atoms. The van der Waals surface area contributed by atoms with E-state index in [1.54, 1.807) is 31.4 Å². The summed E-state index contributed by atoms with van der Waals surface area (Å²) in [5.41, 5.74) is 0.514. The molecule has 1 aromatic carbocycles. The van der Waals surface area contributed by atoms with Crippen LogP contribution < -0.4 is 4.74 Å². The topological polar surface area (TPSA) is 44.8 Å².